The minimum absolute atomic E-state index is 0.671. The Morgan fingerprint density at radius 3 is 2.73 bits per heavy atom. The highest BCUT2D eigenvalue weighted by Gasteiger charge is 2.17. The van der Waals surface area contributed by atoms with Crippen LogP contribution in [0.25, 0.3) is 0 Å². The fourth-order valence-electron chi connectivity index (χ4n) is 2.16. The monoisotopic (exact) mass is 208 g/mol. The Bertz CT molecular complexity index is 299. The summed E-state index contributed by atoms with van der Waals surface area (Å²) in [5.74, 6) is 1.81. The maximum absolute atomic E-state index is 4.25. The fraction of sp³-hybridized carbons (Fsp3) is 0.818. The van der Waals surface area contributed by atoms with Crippen LogP contribution in [0.3, 0.4) is 0 Å². The Kier molecular flexibility index (Phi) is 3.36. The molecule has 1 saturated carbocycles. The smallest absolute Gasteiger partial charge is 0.164 e. The predicted octanol–water partition coefficient (Wildman–Crippen LogP) is 1.48. The van der Waals surface area contributed by atoms with Crippen LogP contribution < -0.4 is 5.32 Å². The zero-order valence-corrected chi connectivity index (χ0v) is 9.61. The molecule has 4 nitrogen and oxygen atoms in total. The van der Waals surface area contributed by atoms with Gasteiger partial charge in [-0.25, -0.2) is 4.98 Å². The van der Waals surface area contributed by atoms with Gasteiger partial charge in [0, 0.05) is 13.1 Å². The standard InChI is InChI=1S/C11H20N4/c1-9-3-5-10(6-4-9)12-7-11-13-8-15(2)14-11/h8-10,12H,3-7H2,1-2H3. The summed E-state index contributed by atoms with van der Waals surface area (Å²) < 4.78 is 1.75. The largest absolute Gasteiger partial charge is 0.307 e. The van der Waals surface area contributed by atoms with E-state index < -0.39 is 0 Å². The number of aryl methyl sites for hydroxylation is 1. The molecule has 1 aliphatic carbocycles. The lowest BCUT2D eigenvalue weighted by atomic mass is 9.87. The van der Waals surface area contributed by atoms with Crippen LogP contribution >= 0.6 is 0 Å². The lowest BCUT2D eigenvalue weighted by molar-refractivity contribution is 0.305. The van der Waals surface area contributed by atoms with Gasteiger partial charge >= 0.3 is 0 Å². The van der Waals surface area contributed by atoms with Gasteiger partial charge in [-0.3, -0.25) is 4.68 Å². The first-order valence-corrected chi connectivity index (χ1v) is 5.82. The Labute approximate surface area is 91.1 Å². The third-order valence-electron chi connectivity index (χ3n) is 3.21. The normalized spacial score (nSPS) is 26.8. The van der Waals surface area contributed by atoms with Crippen molar-refractivity contribution >= 4 is 0 Å². The maximum atomic E-state index is 4.25. The minimum Gasteiger partial charge on any atom is -0.307 e. The molecule has 0 unspecified atom stereocenters. The highest BCUT2D eigenvalue weighted by atomic mass is 15.3. The van der Waals surface area contributed by atoms with Gasteiger partial charge < -0.3 is 5.32 Å². The van der Waals surface area contributed by atoms with Crippen LogP contribution in [0.4, 0.5) is 0 Å². The van der Waals surface area contributed by atoms with Crippen molar-refractivity contribution in [3.63, 3.8) is 0 Å². The zero-order chi connectivity index (χ0) is 10.7. The number of hydrogen-bond donors (Lipinski definition) is 1. The van der Waals surface area contributed by atoms with E-state index in [0.717, 1.165) is 18.3 Å². The van der Waals surface area contributed by atoms with Crippen molar-refractivity contribution in [2.24, 2.45) is 13.0 Å². The van der Waals surface area contributed by atoms with E-state index in [9.17, 15) is 0 Å². The number of nitrogens with zero attached hydrogens (tertiary/aromatic N) is 3. The van der Waals surface area contributed by atoms with Crippen LogP contribution in [0.1, 0.15) is 38.4 Å². The van der Waals surface area contributed by atoms with Crippen LogP contribution in [0.5, 0.6) is 0 Å². The minimum atomic E-state index is 0.671. The fourth-order valence-corrected chi connectivity index (χ4v) is 2.16. The molecule has 15 heavy (non-hydrogen) atoms. The molecule has 1 aromatic rings. The average Bonchev–Trinajstić information content (AvgIpc) is 2.64. The third-order valence-corrected chi connectivity index (χ3v) is 3.21. The van der Waals surface area contributed by atoms with E-state index in [-0.39, 0.29) is 0 Å². The van der Waals surface area contributed by atoms with Crippen LogP contribution in [0.2, 0.25) is 0 Å². The van der Waals surface area contributed by atoms with E-state index in [2.05, 4.69) is 22.3 Å². The van der Waals surface area contributed by atoms with Gasteiger partial charge in [0.05, 0.1) is 6.54 Å². The van der Waals surface area contributed by atoms with Crippen molar-refractivity contribution in [2.45, 2.75) is 45.2 Å². The lowest BCUT2D eigenvalue weighted by Gasteiger charge is -2.26. The molecular weight excluding hydrogens is 188 g/mol. The second-order valence-electron chi connectivity index (χ2n) is 4.67. The van der Waals surface area contributed by atoms with E-state index in [0.29, 0.717) is 6.04 Å². The van der Waals surface area contributed by atoms with Crippen LogP contribution in [-0.4, -0.2) is 20.8 Å². The molecule has 84 valence electrons. The van der Waals surface area contributed by atoms with E-state index in [1.165, 1.54) is 25.7 Å². The second-order valence-corrected chi connectivity index (χ2v) is 4.67. The highest BCUT2D eigenvalue weighted by molar-refractivity contribution is 4.83. The summed E-state index contributed by atoms with van der Waals surface area (Å²) in [6.45, 7) is 3.15. The molecule has 4 heteroatoms. The van der Waals surface area contributed by atoms with Gasteiger partial charge in [0.25, 0.3) is 0 Å². The second kappa shape index (κ2) is 4.75. The molecule has 0 aliphatic heterocycles. The first-order chi connectivity index (χ1) is 7.24. The van der Waals surface area contributed by atoms with E-state index in [1.807, 2.05) is 7.05 Å². The van der Waals surface area contributed by atoms with Crippen molar-refractivity contribution < 1.29 is 0 Å². The number of rotatable bonds is 3. The summed E-state index contributed by atoms with van der Waals surface area (Å²) in [5.41, 5.74) is 0. The summed E-state index contributed by atoms with van der Waals surface area (Å²) in [7, 11) is 1.90. The van der Waals surface area contributed by atoms with Crippen LogP contribution in [-0.2, 0) is 13.6 Å². The lowest BCUT2D eigenvalue weighted by Crippen LogP contribution is -2.32. The molecule has 1 aromatic heterocycles. The molecule has 0 atom stereocenters. The molecule has 1 N–H and O–H groups in total. The van der Waals surface area contributed by atoms with Crippen LogP contribution in [0, 0.1) is 5.92 Å². The van der Waals surface area contributed by atoms with Gasteiger partial charge in [-0.15, -0.1) is 0 Å². The molecule has 0 bridgehead atoms. The molecule has 0 spiro atoms. The van der Waals surface area contributed by atoms with Crippen LogP contribution in [0.15, 0.2) is 6.33 Å². The summed E-state index contributed by atoms with van der Waals surface area (Å²) in [4.78, 5) is 4.20. The SMILES string of the molecule is CC1CCC(NCc2ncn(C)n2)CC1. The summed E-state index contributed by atoms with van der Waals surface area (Å²) >= 11 is 0. The number of aromatic nitrogens is 3. The molecule has 0 saturated heterocycles. The van der Waals surface area contributed by atoms with E-state index in [4.69, 9.17) is 0 Å². The highest BCUT2D eigenvalue weighted by Crippen LogP contribution is 2.23. The van der Waals surface area contributed by atoms with Gasteiger partial charge in [-0.2, -0.15) is 5.10 Å². The van der Waals surface area contributed by atoms with E-state index in [1.54, 1.807) is 11.0 Å². The van der Waals surface area contributed by atoms with Gasteiger partial charge in [0.2, 0.25) is 0 Å². The molecule has 0 aromatic carbocycles. The molecular formula is C11H20N4. The number of nitrogens with one attached hydrogen (secondary N) is 1. The Hall–Kier alpha value is -0.900. The van der Waals surface area contributed by atoms with Crippen molar-refractivity contribution in [3.05, 3.63) is 12.2 Å². The molecule has 0 amide bonds. The maximum Gasteiger partial charge on any atom is 0.164 e. The Balaban J connectivity index is 1.74. The Morgan fingerprint density at radius 2 is 2.13 bits per heavy atom. The quantitative estimate of drug-likeness (QED) is 0.818. The molecule has 1 aliphatic rings. The summed E-state index contributed by atoms with van der Waals surface area (Å²) in [6.07, 6.45) is 7.06. The molecule has 1 fully saturated rings. The Morgan fingerprint density at radius 1 is 1.40 bits per heavy atom. The predicted molar refractivity (Wildman–Crippen MR) is 59.3 cm³/mol. The first-order valence-electron chi connectivity index (χ1n) is 5.82. The third kappa shape index (κ3) is 3.02. The number of hydrogen-bond acceptors (Lipinski definition) is 3. The molecule has 2 rings (SSSR count). The summed E-state index contributed by atoms with van der Waals surface area (Å²) in [5, 5.41) is 7.79. The molecule has 0 radical (unpaired) electrons. The topological polar surface area (TPSA) is 42.7 Å². The first kappa shape index (κ1) is 10.6. The van der Waals surface area contributed by atoms with Gasteiger partial charge in [0.1, 0.15) is 6.33 Å². The molecule has 1 heterocycles. The van der Waals surface area contributed by atoms with E-state index >= 15 is 0 Å². The van der Waals surface area contributed by atoms with Crippen molar-refractivity contribution in [3.8, 4) is 0 Å². The van der Waals surface area contributed by atoms with Gasteiger partial charge in [0.15, 0.2) is 5.82 Å². The average molecular weight is 208 g/mol. The van der Waals surface area contributed by atoms with Crippen molar-refractivity contribution in [2.75, 3.05) is 0 Å². The summed E-state index contributed by atoms with van der Waals surface area (Å²) in [6, 6.07) is 0.671. The van der Waals surface area contributed by atoms with Crippen molar-refractivity contribution in [1.82, 2.24) is 20.1 Å². The zero-order valence-electron chi connectivity index (χ0n) is 9.61. The van der Waals surface area contributed by atoms with Gasteiger partial charge in [-0.1, -0.05) is 6.92 Å². The van der Waals surface area contributed by atoms with Crippen molar-refractivity contribution in [1.29, 1.82) is 0 Å². The van der Waals surface area contributed by atoms with Gasteiger partial charge in [-0.05, 0) is 31.6 Å².